The third-order valence-corrected chi connectivity index (χ3v) is 3.85. The number of nitrogens with zero attached hydrogens (tertiary/aromatic N) is 1. The van der Waals surface area contributed by atoms with E-state index in [9.17, 15) is 0 Å². The zero-order valence-corrected chi connectivity index (χ0v) is 12.1. The van der Waals surface area contributed by atoms with E-state index in [1.165, 1.54) is 31.5 Å². The third-order valence-electron chi connectivity index (χ3n) is 3.60. The molecule has 100 valence electrons. The number of likely N-dealkylation sites (tertiary alicyclic amines) is 1. The molecule has 2 unspecified atom stereocenters. The highest BCUT2D eigenvalue weighted by molar-refractivity contribution is 6.30. The number of halogens is 1. The van der Waals surface area contributed by atoms with Crippen LogP contribution in [0.15, 0.2) is 24.3 Å². The molecule has 1 aliphatic rings. The molecule has 1 heterocycles. The minimum Gasteiger partial charge on any atom is -0.310 e. The van der Waals surface area contributed by atoms with Crippen molar-refractivity contribution in [2.24, 2.45) is 0 Å². The molecule has 0 radical (unpaired) electrons. The molecule has 0 spiro atoms. The second-order valence-corrected chi connectivity index (χ2v) is 5.94. The van der Waals surface area contributed by atoms with Crippen LogP contribution < -0.4 is 5.32 Å². The van der Waals surface area contributed by atoms with Gasteiger partial charge in [0.2, 0.25) is 0 Å². The molecule has 0 aliphatic carbocycles. The fourth-order valence-electron chi connectivity index (χ4n) is 2.74. The van der Waals surface area contributed by atoms with Gasteiger partial charge < -0.3 is 10.2 Å². The summed E-state index contributed by atoms with van der Waals surface area (Å²) in [6.45, 7) is 4.68. The van der Waals surface area contributed by atoms with E-state index in [0.717, 1.165) is 11.4 Å². The number of piperidine rings is 1. The van der Waals surface area contributed by atoms with Crippen LogP contribution in [0.5, 0.6) is 0 Å². The van der Waals surface area contributed by atoms with Crippen molar-refractivity contribution in [3.63, 3.8) is 0 Å². The number of nitrogens with one attached hydrogen (secondary N) is 1. The fraction of sp³-hybridized carbons (Fsp3) is 0.600. The maximum atomic E-state index is 5.90. The normalized spacial score (nSPS) is 22.9. The topological polar surface area (TPSA) is 15.3 Å². The molecule has 1 saturated heterocycles. The van der Waals surface area contributed by atoms with Crippen molar-refractivity contribution in [3.05, 3.63) is 34.9 Å². The molecule has 3 heteroatoms. The number of hydrogen-bond donors (Lipinski definition) is 1. The SMILES string of the molecule is CC(Cc1ccc(Cl)cc1)NC1CCCN(C)C1. The van der Waals surface area contributed by atoms with Crippen LogP contribution in [0.4, 0.5) is 0 Å². The monoisotopic (exact) mass is 266 g/mol. The molecule has 1 N–H and O–H groups in total. The highest BCUT2D eigenvalue weighted by Gasteiger charge is 2.18. The van der Waals surface area contributed by atoms with Gasteiger partial charge in [-0.25, -0.2) is 0 Å². The molecule has 1 aromatic carbocycles. The van der Waals surface area contributed by atoms with Gasteiger partial charge in [0.25, 0.3) is 0 Å². The van der Waals surface area contributed by atoms with Gasteiger partial charge >= 0.3 is 0 Å². The van der Waals surface area contributed by atoms with Gasteiger partial charge in [-0.05, 0) is 57.5 Å². The van der Waals surface area contributed by atoms with E-state index < -0.39 is 0 Å². The Balaban J connectivity index is 1.81. The van der Waals surface area contributed by atoms with Crippen molar-refractivity contribution in [1.82, 2.24) is 10.2 Å². The minimum absolute atomic E-state index is 0.516. The Morgan fingerprint density at radius 2 is 2.11 bits per heavy atom. The summed E-state index contributed by atoms with van der Waals surface area (Å²) in [6, 6.07) is 9.34. The van der Waals surface area contributed by atoms with Crippen molar-refractivity contribution in [3.8, 4) is 0 Å². The van der Waals surface area contributed by atoms with Crippen LogP contribution in [0.25, 0.3) is 0 Å². The van der Waals surface area contributed by atoms with Gasteiger partial charge in [-0.2, -0.15) is 0 Å². The first-order chi connectivity index (χ1) is 8.63. The molecule has 1 aromatic rings. The number of hydrogen-bond acceptors (Lipinski definition) is 2. The van der Waals surface area contributed by atoms with Crippen LogP contribution >= 0.6 is 11.6 Å². The summed E-state index contributed by atoms with van der Waals surface area (Å²) in [4.78, 5) is 2.41. The van der Waals surface area contributed by atoms with Gasteiger partial charge in [-0.1, -0.05) is 23.7 Å². The Hall–Kier alpha value is -0.570. The molecule has 2 nitrogen and oxygen atoms in total. The van der Waals surface area contributed by atoms with Gasteiger partial charge in [0, 0.05) is 23.7 Å². The van der Waals surface area contributed by atoms with E-state index in [-0.39, 0.29) is 0 Å². The third kappa shape index (κ3) is 4.27. The summed E-state index contributed by atoms with van der Waals surface area (Å²) in [5.74, 6) is 0. The number of likely N-dealkylation sites (N-methyl/N-ethyl adjacent to an activating group) is 1. The van der Waals surface area contributed by atoms with Crippen molar-refractivity contribution >= 4 is 11.6 Å². The lowest BCUT2D eigenvalue weighted by Gasteiger charge is -2.32. The van der Waals surface area contributed by atoms with Crippen LogP contribution in [0.3, 0.4) is 0 Å². The van der Waals surface area contributed by atoms with Crippen LogP contribution in [-0.4, -0.2) is 37.1 Å². The highest BCUT2D eigenvalue weighted by Crippen LogP contribution is 2.13. The van der Waals surface area contributed by atoms with Crippen LogP contribution in [0, 0.1) is 0 Å². The molecular formula is C15H23ClN2. The van der Waals surface area contributed by atoms with Gasteiger partial charge in [0.1, 0.15) is 0 Å². The molecule has 0 bridgehead atoms. The van der Waals surface area contributed by atoms with Gasteiger partial charge in [0.15, 0.2) is 0 Å². The van der Waals surface area contributed by atoms with E-state index in [1.807, 2.05) is 12.1 Å². The van der Waals surface area contributed by atoms with Crippen LogP contribution in [0.2, 0.25) is 5.02 Å². The highest BCUT2D eigenvalue weighted by atomic mass is 35.5. The summed E-state index contributed by atoms with van der Waals surface area (Å²) in [5, 5.41) is 4.55. The lowest BCUT2D eigenvalue weighted by molar-refractivity contribution is 0.218. The van der Waals surface area contributed by atoms with Gasteiger partial charge in [-0.3, -0.25) is 0 Å². The molecule has 2 rings (SSSR count). The molecule has 0 aromatic heterocycles. The second kappa shape index (κ2) is 6.55. The van der Waals surface area contributed by atoms with E-state index in [0.29, 0.717) is 12.1 Å². The van der Waals surface area contributed by atoms with E-state index in [2.05, 4.69) is 36.3 Å². The molecule has 1 aliphatic heterocycles. The quantitative estimate of drug-likeness (QED) is 0.902. The number of rotatable bonds is 4. The number of benzene rings is 1. The Morgan fingerprint density at radius 3 is 2.78 bits per heavy atom. The average molecular weight is 267 g/mol. The molecule has 2 atom stereocenters. The molecule has 1 fully saturated rings. The second-order valence-electron chi connectivity index (χ2n) is 5.50. The summed E-state index contributed by atoms with van der Waals surface area (Å²) in [5.41, 5.74) is 1.35. The summed E-state index contributed by atoms with van der Waals surface area (Å²) < 4.78 is 0. The largest absolute Gasteiger partial charge is 0.310 e. The summed E-state index contributed by atoms with van der Waals surface area (Å²) >= 11 is 5.90. The Bertz CT molecular complexity index is 363. The summed E-state index contributed by atoms with van der Waals surface area (Å²) in [7, 11) is 2.21. The van der Waals surface area contributed by atoms with E-state index >= 15 is 0 Å². The predicted octanol–water partition coefficient (Wildman–Crippen LogP) is 2.95. The molecular weight excluding hydrogens is 244 g/mol. The van der Waals surface area contributed by atoms with Crippen molar-refractivity contribution < 1.29 is 0 Å². The fourth-order valence-corrected chi connectivity index (χ4v) is 2.86. The molecule has 0 saturated carbocycles. The Labute approximate surface area is 115 Å². The smallest absolute Gasteiger partial charge is 0.0406 e. The standard InChI is InChI=1S/C15H23ClN2/c1-12(10-13-5-7-14(16)8-6-13)17-15-4-3-9-18(2)11-15/h5-8,12,15,17H,3-4,9-11H2,1-2H3. The van der Waals surface area contributed by atoms with Gasteiger partial charge in [0.05, 0.1) is 0 Å². The molecule has 18 heavy (non-hydrogen) atoms. The average Bonchev–Trinajstić information content (AvgIpc) is 2.32. The lowest BCUT2D eigenvalue weighted by Crippen LogP contribution is -2.47. The van der Waals surface area contributed by atoms with Crippen molar-refractivity contribution in [2.45, 2.75) is 38.3 Å². The zero-order valence-electron chi connectivity index (χ0n) is 11.3. The Morgan fingerprint density at radius 1 is 1.39 bits per heavy atom. The maximum absolute atomic E-state index is 5.90. The van der Waals surface area contributed by atoms with E-state index in [1.54, 1.807) is 0 Å². The van der Waals surface area contributed by atoms with Crippen LogP contribution in [-0.2, 0) is 6.42 Å². The molecule has 0 amide bonds. The minimum atomic E-state index is 0.516. The lowest BCUT2D eigenvalue weighted by atomic mass is 10.0. The zero-order chi connectivity index (χ0) is 13.0. The Kier molecular flexibility index (Phi) is 5.04. The van der Waals surface area contributed by atoms with Gasteiger partial charge in [-0.15, -0.1) is 0 Å². The first-order valence-electron chi connectivity index (χ1n) is 6.82. The van der Waals surface area contributed by atoms with E-state index in [4.69, 9.17) is 11.6 Å². The van der Waals surface area contributed by atoms with Crippen molar-refractivity contribution in [2.75, 3.05) is 20.1 Å². The van der Waals surface area contributed by atoms with Crippen molar-refractivity contribution in [1.29, 1.82) is 0 Å². The first kappa shape index (κ1) is 13.9. The first-order valence-corrected chi connectivity index (χ1v) is 7.20. The van der Waals surface area contributed by atoms with Crippen LogP contribution in [0.1, 0.15) is 25.3 Å². The summed E-state index contributed by atoms with van der Waals surface area (Å²) in [6.07, 6.45) is 3.68. The maximum Gasteiger partial charge on any atom is 0.0406 e. The predicted molar refractivity (Wildman–Crippen MR) is 78.3 cm³/mol.